The summed E-state index contributed by atoms with van der Waals surface area (Å²) in [4.78, 5) is 19.7. The Morgan fingerprint density at radius 2 is 1.41 bits per heavy atom. The van der Waals surface area contributed by atoms with E-state index in [0.29, 0.717) is 5.91 Å². The third-order valence-electron chi connectivity index (χ3n) is 6.53. The van der Waals surface area contributed by atoms with Crippen LogP contribution < -0.4 is 4.90 Å². The number of piperazine rings is 1. The van der Waals surface area contributed by atoms with Crippen molar-refractivity contribution >= 4 is 11.6 Å². The predicted molar refractivity (Wildman–Crippen MR) is 123 cm³/mol. The van der Waals surface area contributed by atoms with Crippen LogP contribution in [0.25, 0.3) is 0 Å². The molecule has 2 fully saturated rings. The Morgan fingerprint density at radius 3 is 1.90 bits per heavy atom. The molecule has 4 nitrogen and oxygen atoms in total. The minimum absolute atomic E-state index is 0.213. The summed E-state index contributed by atoms with van der Waals surface area (Å²) in [5.41, 5.74) is 2.71. The van der Waals surface area contributed by atoms with E-state index < -0.39 is 0 Å². The molecule has 2 saturated heterocycles. The highest BCUT2D eigenvalue weighted by atomic mass is 16.2. The fourth-order valence-corrected chi connectivity index (χ4v) is 4.52. The third-order valence-corrected chi connectivity index (χ3v) is 6.53. The maximum atomic E-state index is 12.5. The zero-order valence-corrected chi connectivity index (χ0v) is 19.5. The minimum atomic E-state index is -0.256. The zero-order valence-electron chi connectivity index (χ0n) is 19.5. The zero-order chi connectivity index (χ0) is 21.2. The SMILES string of the molecule is CC(C)(C)C(=O)N1CCC(CN2CCN(c3ccc(C(C)(C)C)cc3)CC2)CC1. The summed E-state index contributed by atoms with van der Waals surface area (Å²) in [7, 11) is 0. The molecule has 29 heavy (non-hydrogen) atoms. The van der Waals surface area contributed by atoms with Gasteiger partial charge in [-0.1, -0.05) is 53.7 Å². The second-order valence-corrected chi connectivity index (χ2v) is 11.1. The Labute approximate surface area is 178 Å². The molecule has 162 valence electrons. The highest BCUT2D eigenvalue weighted by Crippen LogP contribution is 2.27. The number of carbonyl (C=O) groups excluding carboxylic acids is 1. The molecule has 0 aromatic heterocycles. The molecule has 0 aliphatic carbocycles. The van der Waals surface area contributed by atoms with Gasteiger partial charge >= 0.3 is 0 Å². The average molecular weight is 400 g/mol. The standard InChI is InChI=1S/C25H41N3O/c1-24(2,3)21-7-9-22(10-8-21)27-17-15-26(16-18-27)19-20-11-13-28(14-12-20)23(29)25(4,5)6/h7-10,20H,11-19H2,1-6H3. The molecular weight excluding hydrogens is 358 g/mol. The fraction of sp³-hybridized carbons (Fsp3) is 0.720. The van der Waals surface area contributed by atoms with Crippen LogP contribution >= 0.6 is 0 Å². The lowest BCUT2D eigenvalue weighted by atomic mass is 9.87. The fourth-order valence-electron chi connectivity index (χ4n) is 4.52. The van der Waals surface area contributed by atoms with Gasteiger partial charge in [0.15, 0.2) is 0 Å². The van der Waals surface area contributed by atoms with Crippen molar-refractivity contribution < 1.29 is 4.79 Å². The van der Waals surface area contributed by atoms with Gasteiger partial charge in [-0.25, -0.2) is 0 Å². The van der Waals surface area contributed by atoms with Gasteiger partial charge in [0.1, 0.15) is 0 Å². The lowest BCUT2D eigenvalue weighted by molar-refractivity contribution is -0.141. The predicted octanol–water partition coefficient (Wildman–Crippen LogP) is 4.39. The number of hydrogen-bond donors (Lipinski definition) is 0. The molecule has 0 radical (unpaired) electrons. The molecule has 0 spiro atoms. The van der Waals surface area contributed by atoms with Gasteiger partial charge in [0.05, 0.1) is 0 Å². The number of likely N-dealkylation sites (tertiary alicyclic amines) is 1. The van der Waals surface area contributed by atoms with Crippen LogP contribution in [0, 0.1) is 11.3 Å². The topological polar surface area (TPSA) is 26.8 Å². The van der Waals surface area contributed by atoms with Crippen molar-refractivity contribution in [2.45, 2.75) is 59.8 Å². The van der Waals surface area contributed by atoms with E-state index in [1.54, 1.807) is 0 Å². The van der Waals surface area contributed by atoms with E-state index in [4.69, 9.17) is 0 Å². The van der Waals surface area contributed by atoms with Crippen molar-refractivity contribution in [2.75, 3.05) is 50.7 Å². The van der Waals surface area contributed by atoms with Crippen LogP contribution in [-0.4, -0.2) is 61.5 Å². The third kappa shape index (κ3) is 5.75. The molecule has 3 rings (SSSR count). The molecule has 1 aromatic rings. The summed E-state index contributed by atoms with van der Waals surface area (Å²) < 4.78 is 0. The van der Waals surface area contributed by atoms with Crippen LogP contribution in [0.5, 0.6) is 0 Å². The van der Waals surface area contributed by atoms with E-state index in [1.165, 1.54) is 17.8 Å². The van der Waals surface area contributed by atoms with Crippen molar-refractivity contribution in [3.05, 3.63) is 29.8 Å². The van der Waals surface area contributed by atoms with Gasteiger partial charge in [-0.2, -0.15) is 0 Å². The van der Waals surface area contributed by atoms with Gasteiger partial charge < -0.3 is 9.80 Å². The average Bonchev–Trinajstić information content (AvgIpc) is 2.67. The molecule has 2 aliphatic rings. The Balaban J connectivity index is 1.43. The van der Waals surface area contributed by atoms with Gasteiger partial charge in [0, 0.05) is 56.9 Å². The summed E-state index contributed by atoms with van der Waals surface area (Å²) >= 11 is 0. The number of amides is 1. The molecule has 4 heteroatoms. The van der Waals surface area contributed by atoms with Crippen LogP contribution in [0.4, 0.5) is 5.69 Å². The molecule has 1 amide bonds. The maximum absolute atomic E-state index is 12.5. The number of hydrogen-bond acceptors (Lipinski definition) is 3. The van der Waals surface area contributed by atoms with Crippen molar-refractivity contribution in [2.24, 2.45) is 11.3 Å². The first-order valence-corrected chi connectivity index (χ1v) is 11.4. The number of anilines is 1. The largest absolute Gasteiger partial charge is 0.369 e. The monoisotopic (exact) mass is 399 g/mol. The van der Waals surface area contributed by atoms with Crippen LogP contribution in [0.1, 0.15) is 59.9 Å². The molecule has 0 bridgehead atoms. The lowest BCUT2D eigenvalue weighted by Crippen LogP contribution is -2.50. The highest BCUT2D eigenvalue weighted by Gasteiger charge is 2.31. The van der Waals surface area contributed by atoms with Crippen molar-refractivity contribution in [1.82, 2.24) is 9.80 Å². The number of rotatable bonds is 3. The summed E-state index contributed by atoms with van der Waals surface area (Å²) in [5.74, 6) is 1.04. The second kappa shape index (κ2) is 8.67. The van der Waals surface area contributed by atoms with Gasteiger partial charge in [-0.05, 0) is 41.9 Å². The quantitative estimate of drug-likeness (QED) is 0.754. The molecule has 1 aromatic carbocycles. The lowest BCUT2D eigenvalue weighted by Gasteiger charge is -2.40. The maximum Gasteiger partial charge on any atom is 0.227 e. The number of benzene rings is 1. The first-order valence-electron chi connectivity index (χ1n) is 11.4. The summed E-state index contributed by atoms with van der Waals surface area (Å²) in [5, 5.41) is 0. The summed E-state index contributed by atoms with van der Waals surface area (Å²) in [6, 6.07) is 9.15. The summed E-state index contributed by atoms with van der Waals surface area (Å²) in [6.07, 6.45) is 2.30. The Morgan fingerprint density at radius 1 is 0.862 bits per heavy atom. The Bertz CT molecular complexity index is 668. The van der Waals surface area contributed by atoms with E-state index in [1.807, 2.05) is 20.8 Å². The number of piperidine rings is 1. The summed E-state index contributed by atoms with van der Waals surface area (Å²) in [6.45, 7) is 20.4. The first kappa shape index (κ1) is 22.1. The number of nitrogens with zero attached hydrogens (tertiary/aromatic N) is 3. The molecule has 0 unspecified atom stereocenters. The smallest absolute Gasteiger partial charge is 0.227 e. The van der Waals surface area contributed by atoms with E-state index in [-0.39, 0.29) is 10.8 Å². The van der Waals surface area contributed by atoms with Gasteiger partial charge in [-0.3, -0.25) is 9.69 Å². The first-order chi connectivity index (χ1) is 13.5. The Hall–Kier alpha value is -1.55. The second-order valence-electron chi connectivity index (χ2n) is 11.1. The molecule has 2 aliphatic heterocycles. The van der Waals surface area contributed by atoms with E-state index in [9.17, 15) is 4.79 Å². The van der Waals surface area contributed by atoms with Crippen LogP contribution in [0.3, 0.4) is 0 Å². The van der Waals surface area contributed by atoms with E-state index >= 15 is 0 Å². The molecule has 0 saturated carbocycles. The number of carbonyl (C=O) groups is 1. The van der Waals surface area contributed by atoms with Crippen molar-refractivity contribution in [3.8, 4) is 0 Å². The van der Waals surface area contributed by atoms with E-state index in [0.717, 1.165) is 58.0 Å². The van der Waals surface area contributed by atoms with E-state index in [2.05, 4.69) is 59.7 Å². The molecule has 2 heterocycles. The van der Waals surface area contributed by atoms with Gasteiger partial charge in [0.25, 0.3) is 0 Å². The molecular formula is C25H41N3O. The molecule has 0 atom stereocenters. The van der Waals surface area contributed by atoms with Crippen LogP contribution in [0.2, 0.25) is 0 Å². The van der Waals surface area contributed by atoms with Gasteiger partial charge in [0.2, 0.25) is 5.91 Å². The normalized spacial score (nSPS) is 20.2. The minimum Gasteiger partial charge on any atom is -0.369 e. The van der Waals surface area contributed by atoms with Crippen molar-refractivity contribution in [3.63, 3.8) is 0 Å². The highest BCUT2D eigenvalue weighted by molar-refractivity contribution is 5.81. The van der Waals surface area contributed by atoms with Crippen LogP contribution in [-0.2, 0) is 10.2 Å². The van der Waals surface area contributed by atoms with Crippen LogP contribution in [0.15, 0.2) is 24.3 Å². The van der Waals surface area contributed by atoms with Crippen molar-refractivity contribution in [1.29, 1.82) is 0 Å². The van der Waals surface area contributed by atoms with Gasteiger partial charge in [-0.15, -0.1) is 0 Å². The molecule has 0 N–H and O–H groups in total. The Kier molecular flexibility index (Phi) is 6.62.